The topological polar surface area (TPSA) is 59.0 Å². The quantitative estimate of drug-likeness (QED) is 0.731. The number of ether oxygens (including phenoxy) is 2. The van der Waals surface area contributed by atoms with E-state index in [1.165, 1.54) is 0 Å². The molecule has 1 fully saturated rings. The molecular weight excluding hydrogens is 210 g/mol. The number of rotatable bonds is 1. The minimum atomic E-state index is -0.487. The van der Waals surface area contributed by atoms with E-state index in [9.17, 15) is 4.79 Å². The van der Waals surface area contributed by atoms with E-state index in [4.69, 9.17) is 14.6 Å². The smallest absolute Gasteiger partial charge is 0.410 e. The number of carbonyl (C=O) groups is 1. The Morgan fingerprint density at radius 3 is 2.81 bits per heavy atom. The van der Waals surface area contributed by atoms with E-state index in [1.54, 1.807) is 4.90 Å². The van der Waals surface area contributed by atoms with Crippen molar-refractivity contribution >= 4 is 6.09 Å². The lowest BCUT2D eigenvalue weighted by Crippen LogP contribution is -2.41. The predicted molar refractivity (Wildman–Crippen MR) is 59.2 cm³/mol. The summed E-state index contributed by atoms with van der Waals surface area (Å²) in [5.74, 6) is 0. The third-order valence-corrected chi connectivity index (χ3v) is 2.21. The Labute approximate surface area is 96.3 Å². The van der Waals surface area contributed by atoms with Crippen LogP contribution in [0.15, 0.2) is 0 Å². The summed E-state index contributed by atoms with van der Waals surface area (Å²) in [4.78, 5) is 13.4. The molecule has 5 heteroatoms. The van der Waals surface area contributed by atoms with Crippen LogP contribution in [0.5, 0.6) is 0 Å². The number of aliphatic hydroxyl groups excluding tert-OH is 1. The minimum Gasteiger partial charge on any atom is -0.444 e. The van der Waals surface area contributed by atoms with Crippen molar-refractivity contribution in [2.45, 2.75) is 38.9 Å². The van der Waals surface area contributed by atoms with Crippen LogP contribution in [0.25, 0.3) is 0 Å². The molecule has 0 aliphatic carbocycles. The lowest BCUT2D eigenvalue weighted by Gasteiger charge is -2.27. The predicted octanol–water partition coefficient (Wildman–Crippen LogP) is 1.00. The second-order valence-electron chi connectivity index (χ2n) is 4.96. The maximum Gasteiger partial charge on any atom is 0.410 e. The van der Waals surface area contributed by atoms with Crippen LogP contribution >= 0.6 is 0 Å². The summed E-state index contributed by atoms with van der Waals surface area (Å²) in [7, 11) is 0. The fourth-order valence-electron chi connectivity index (χ4n) is 1.50. The molecule has 1 aliphatic rings. The molecule has 1 atom stereocenters. The molecular formula is C11H21NO4. The Morgan fingerprint density at radius 2 is 2.25 bits per heavy atom. The molecule has 1 unspecified atom stereocenters. The SMILES string of the molecule is CC(C)(C)OC(=O)N1CCCOC(CO)C1. The molecule has 0 aromatic heterocycles. The number of hydrogen-bond acceptors (Lipinski definition) is 4. The first-order valence-electron chi connectivity index (χ1n) is 5.63. The fraction of sp³-hybridized carbons (Fsp3) is 0.909. The van der Waals surface area contributed by atoms with Gasteiger partial charge in [0.05, 0.1) is 19.3 Å². The molecule has 16 heavy (non-hydrogen) atoms. The van der Waals surface area contributed by atoms with E-state index in [0.717, 1.165) is 6.42 Å². The zero-order valence-corrected chi connectivity index (χ0v) is 10.2. The maximum absolute atomic E-state index is 11.8. The highest BCUT2D eigenvalue weighted by molar-refractivity contribution is 5.68. The zero-order chi connectivity index (χ0) is 12.2. The lowest BCUT2D eigenvalue weighted by atomic mass is 10.2. The molecule has 5 nitrogen and oxygen atoms in total. The summed E-state index contributed by atoms with van der Waals surface area (Å²) in [5.41, 5.74) is -0.487. The molecule has 1 N–H and O–H groups in total. The second-order valence-corrected chi connectivity index (χ2v) is 4.96. The summed E-state index contributed by atoms with van der Waals surface area (Å²) in [6.45, 7) is 7.02. The Kier molecular flexibility index (Phi) is 4.56. The van der Waals surface area contributed by atoms with Crippen molar-refractivity contribution in [1.29, 1.82) is 0 Å². The molecule has 0 aromatic rings. The molecule has 0 aromatic carbocycles. The highest BCUT2D eigenvalue weighted by Crippen LogP contribution is 2.13. The van der Waals surface area contributed by atoms with E-state index < -0.39 is 5.60 Å². The molecule has 1 rings (SSSR count). The van der Waals surface area contributed by atoms with Gasteiger partial charge in [0.15, 0.2) is 0 Å². The minimum absolute atomic E-state index is 0.0701. The van der Waals surface area contributed by atoms with Gasteiger partial charge in [0, 0.05) is 13.2 Å². The fourth-order valence-corrected chi connectivity index (χ4v) is 1.50. The first kappa shape index (κ1) is 13.3. The summed E-state index contributed by atoms with van der Waals surface area (Å²) < 4.78 is 10.6. The van der Waals surface area contributed by atoms with Crippen molar-refractivity contribution in [3.63, 3.8) is 0 Å². The van der Waals surface area contributed by atoms with E-state index in [2.05, 4.69) is 0 Å². The highest BCUT2D eigenvalue weighted by atomic mass is 16.6. The van der Waals surface area contributed by atoms with Crippen molar-refractivity contribution in [1.82, 2.24) is 4.90 Å². The summed E-state index contributed by atoms with van der Waals surface area (Å²) in [5, 5.41) is 9.04. The van der Waals surface area contributed by atoms with Crippen LogP contribution < -0.4 is 0 Å². The van der Waals surface area contributed by atoms with Crippen LogP contribution in [-0.4, -0.2) is 54.1 Å². The Hall–Kier alpha value is -0.810. The molecule has 1 aliphatic heterocycles. The number of hydrogen-bond donors (Lipinski definition) is 1. The molecule has 1 saturated heterocycles. The van der Waals surface area contributed by atoms with Gasteiger partial charge in [-0.1, -0.05) is 0 Å². The van der Waals surface area contributed by atoms with Crippen molar-refractivity contribution in [3.05, 3.63) is 0 Å². The number of aliphatic hydroxyl groups is 1. The lowest BCUT2D eigenvalue weighted by molar-refractivity contribution is -0.000995. The Balaban J connectivity index is 2.53. The summed E-state index contributed by atoms with van der Waals surface area (Å²) in [6, 6.07) is 0. The van der Waals surface area contributed by atoms with Gasteiger partial charge in [0.1, 0.15) is 5.60 Å². The Morgan fingerprint density at radius 1 is 1.56 bits per heavy atom. The van der Waals surface area contributed by atoms with E-state index >= 15 is 0 Å². The van der Waals surface area contributed by atoms with Crippen LogP contribution in [0.4, 0.5) is 4.79 Å². The van der Waals surface area contributed by atoms with Gasteiger partial charge in [-0.15, -0.1) is 0 Å². The van der Waals surface area contributed by atoms with Gasteiger partial charge in [0.2, 0.25) is 0 Å². The second kappa shape index (κ2) is 5.50. The van der Waals surface area contributed by atoms with Crippen LogP contribution in [-0.2, 0) is 9.47 Å². The average Bonchev–Trinajstić information content (AvgIpc) is 2.39. The average molecular weight is 231 g/mol. The largest absolute Gasteiger partial charge is 0.444 e. The van der Waals surface area contributed by atoms with Crippen LogP contribution in [0.3, 0.4) is 0 Å². The summed E-state index contributed by atoms with van der Waals surface area (Å²) in [6.07, 6.45) is 0.141. The van der Waals surface area contributed by atoms with Crippen molar-refractivity contribution in [2.24, 2.45) is 0 Å². The van der Waals surface area contributed by atoms with Gasteiger partial charge >= 0.3 is 6.09 Å². The third-order valence-electron chi connectivity index (χ3n) is 2.21. The first-order valence-corrected chi connectivity index (χ1v) is 5.63. The van der Waals surface area contributed by atoms with E-state index in [1.807, 2.05) is 20.8 Å². The zero-order valence-electron chi connectivity index (χ0n) is 10.2. The standard InChI is InChI=1S/C11H21NO4/c1-11(2,3)16-10(14)12-5-4-6-15-9(7-12)8-13/h9,13H,4-8H2,1-3H3. The third kappa shape index (κ3) is 4.37. The van der Waals surface area contributed by atoms with Crippen LogP contribution in [0.2, 0.25) is 0 Å². The number of nitrogens with zero attached hydrogens (tertiary/aromatic N) is 1. The van der Waals surface area contributed by atoms with Crippen molar-refractivity contribution in [2.75, 3.05) is 26.3 Å². The van der Waals surface area contributed by atoms with E-state index in [-0.39, 0.29) is 18.8 Å². The van der Waals surface area contributed by atoms with E-state index in [0.29, 0.717) is 19.7 Å². The molecule has 0 saturated carbocycles. The highest BCUT2D eigenvalue weighted by Gasteiger charge is 2.26. The Bertz CT molecular complexity index is 237. The number of carbonyl (C=O) groups excluding carboxylic acids is 1. The van der Waals surface area contributed by atoms with Gasteiger partial charge in [-0.2, -0.15) is 0 Å². The molecule has 0 bridgehead atoms. The van der Waals surface area contributed by atoms with Crippen molar-refractivity contribution < 1.29 is 19.4 Å². The summed E-state index contributed by atoms with van der Waals surface area (Å²) >= 11 is 0. The van der Waals surface area contributed by atoms with Crippen LogP contribution in [0, 0.1) is 0 Å². The normalized spacial score (nSPS) is 22.8. The van der Waals surface area contributed by atoms with Crippen LogP contribution in [0.1, 0.15) is 27.2 Å². The van der Waals surface area contributed by atoms with Crippen molar-refractivity contribution in [3.8, 4) is 0 Å². The first-order chi connectivity index (χ1) is 7.42. The molecule has 0 radical (unpaired) electrons. The number of amides is 1. The maximum atomic E-state index is 11.8. The van der Waals surface area contributed by atoms with Gasteiger partial charge < -0.3 is 19.5 Å². The van der Waals surface area contributed by atoms with Gasteiger partial charge in [-0.25, -0.2) is 4.79 Å². The van der Waals surface area contributed by atoms with Gasteiger partial charge in [-0.3, -0.25) is 0 Å². The van der Waals surface area contributed by atoms with Gasteiger partial charge in [-0.05, 0) is 27.2 Å². The molecule has 0 spiro atoms. The molecule has 1 amide bonds. The monoisotopic (exact) mass is 231 g/mol. The van der Waals surface area contributed by atoms with Gasteiger partial charge in [0.25, 0.3) is 0 Å². The molecule has 1 heterocycles. The molecule has 94 valence electrons.